The normalized spacial score (nSPS) is 17.2. The van der Waals surface area contributed by atoms with E-state index in [-0.39, 0.29) is 17.9 Å². The minimum Gasteiger partial charge on any atom is -0.335 e. The fraction of sp³-hybridized carbons (Fsp3) is 0.346. The molecule has 2 aliphatic heterocycles. The van der Waals surface area contributed by atoms with Gasteiger partial charge in [0, 0.05) is 56.3 Å². The molecule has 0 spiro atoms. The van der Waals surface area contributed by atoms with Crippen LogP contribution in [0.25, 0.3) is 11.1 Å². The first-order chi connectivity index (χ1) is 17.2. The van der Waals surface area contributed by atoms with Crippen molar-refractivity contribution in [3.05, 3.63) is 75.7 Å². The first kappa shape index (κ1) is 24.5. The number of aromatic nitrogens is 1. The van der Waals surface area contributed by atoms with Crippen LogP contribution >= 0.6 is 11.3 Å². The number of halogens is 3. The molecule has 0 N–H and O–H groups in total. The molecule has 0 atom stereocenters. The predicted octanol–water partition coefficient (Wildman–Crippen LogP) is 4.42. The molecule has 2 amide bonds. The van der Waals surface area contributed by atoms with Gasteiger partial charge in [0.05, 0.1) is 11.1 Å². The highest BCUT2D eigenvalue weighted by Gasteiger charge is 2.37. The van der Waals surface area contributed by atoms with E-state index in [4.69, 9.17) is 0 Å². The molecule has 0 saturated carbocycles. The molecule has 2 aromatic carbocycles. The molecule has 2 aliphatic rings. The van der Waals surface area contributed by atoms with Crippen molar-refractivity contribution in [2.45, 2.75) is 19.1 Å². The SMILES string of the molecule is Cc1cc(C(=O)N2CC(N3CCN(C(=O)c4cscn4)CC3)C2)ccc1-c1cccc(C(F)(F)F)c1. The zero-order chi connectivity index (χ0) is 25.4. The minimum atomic E-state index is -4.41. The Bertz CT molecular complexity index is 1260. The highest BCUT2D eigenvalue weighted by Crippen LogP contribution is 2.33. The van der Waals surface area contributed by atoms with Crippen LogP contribution in [0.1, 0.15) is 32.0 Å². The van der Waals surface area contributed by atoms with Crippen molar-refractivity contribution in [2.75, 3.05) is 39.3 Å². The summed E-state index contributed by atoms with van der Waals surface area (Å²) in [5.41, 5.74) is 3.87. The summed E-state index contributed by atoms with van der Waals surface area (Å²) in [4.78, 5) is 35.5. The molecule has 188 valence electrons. The van der Waals surface area contributed by atoms with Crippen molar-refractivity contribution >= 4 is 23.2 Å². The van der Waals surface area contributed by atoms with Crippen LogP contribution in [-0.2, 0) is 6.18 Å². The van der Waals surface area contributed by atoms with E-state index in [2.05, 4.69) is 9.88 Å². The van der Waals surface area contributed by atoms with E-state index in [1.165, 1.54) is 17.4 Å². The smallest absolute Gasteiger partial charge is 0.335 e. The summed E-state index contributed by atoms with van der Waals surface area (Å²) >= 11 is 1.41. The van der Waals surface area contributed by atoms with Gasteiger partial charge in [-0.3, -0.25) is 14.5 Å². The Balaban J connectivity index is 1.17. The topological polar surface area (TPSA) is 56.8 Å². The Morgan fingerprint density at radius 2 is 1.72 bits per heavy atom. The number of aryl methyl sites for hydroxylation is 1. The maximum Gasteiger partial charge on any atom is 0.416 e. The molecule has 10 heteroatoms. The molecule has 0 bridgehead atoms. The first-order valence-corrected chi connectivity index (χ1v) is 12.6. The molecule has 36 heavy (non-hydrogen) atoms. The molecular formula is C26H25F3N4O2S. The van der Waals surface area contributed by atoms with Gasteiger partial charge in [-0.25, -0.2) is 4.98 Å². The van der Waals surface area contributed by atoms with Gasteiger partial charge in [0.2, 0.25) is 0 Å². The second kappa shape index (κ2) is 9.67. The number of thiazole rings is 1. The summed E-state index contributed by atoms with van der Waals surface area (Å²) in [6.07, 6.45) is -4.41. The Labute approximate surface area is 211 Å². The third-order valence-electron chi connectivity index (χ3n) is 6.89. The van der Waals surface area contributed by atoms with Crippen LogP contribution in [0.15, 0.2) is 53.4 Å². The van der Waals surface area contributed by atoms with Crippen LogP contribution in [0.3, 0.4) is 0 Å². The van der Waals surface area contributed by atoms with Gasteiger partial charge in [0.1, 0.15) is 5.69 Å². The summed E-state index contributed by atoms with van der Waals surface area (Å²) < 4.78 is 39.3. The number of likely N-dealkylation sites (tertiary alicyclic amines) is 1. The maximum atomic E-state index is 13.1. The number of amides is 2. The fourth-order valence-corrected chi connectivity index (χ4v) is 5.31. The average Bonchev–Trinajstić information content (AvgIpc) is 3.37. The molecule has 3 aromatic rings. The highest BCUT2D eigenvalue weighted by molar-refractivity contribution is 7.07. The van der Waals surface area contributed by atoms with Crippen molar-refractivity contribution in [2.24, 2.45) is 0 Å². The van der Waals surface area contributed by atoms with Gasteiger partial charge in [-0.05, 0) is 47.9 Å². The van der Waals surface area contributed by atoms with Crippen molar-refractivity contribution in [3.8, 4) is 11.1 Å². The van der Waals surface area contributed by atoms with Crippen molar-refractivity contribution in [1.29, 1.82) is 0 Å². The number of hydrogen-bond acceptors (Lipinski definition) is 5. The molecule has 2 saturated heterocycles. The minimum absolute atomic E-state index is 0.0368. The number of piperazine rings is 1. The lowest BCUT2D eigenvalue weighted by Crippen LogP contribution is -2.64. The van der Waals surface area contributed by atoms with E-state index in [0.717, 1.165) is 30.8 Å². The Hall–Kier alpha value is -3.24. The largest absolute Gasteiger partial charge is 0.416 e. The lowest BCUT2D eigenvalue weighted by Gasteiger charge is -2.48. The lowest BCUT2D eigenvalue weighted by molar-refractivity contribution is -0.137. The Morgan fingerprint density at radius 3 is 2.36 bits per heavy atom. The van der Waals surface area contributed by atoms with Crippen LogP contribution in [0.5, 0.6) is 0 Å². The van der Waals surface area contributed by atoms with Crippen molar-refractivity contribution in [1.82, 2.24) is 19.7 Å². The van der Waals surface area contributed by atoms with E-state index >= 15 is 0 Å². The molecule has 6 nitrogen and oxygen atoms in total. The summed E-state index contributed by atoms with van der Waals surface area (Å²) in [7, 11) is 0. The molecule has 1 aromatic heterocycles. The summed E-state index contributed by atoms with van der Waals surface area (Å²) in [5.74, 6) is -0.118. The van der Waals surface area contributed by atoms with Crippen LogP contribution in [0, 0.1) is 6.92 Å². The number of carbonyl (C=O) groups is 2. The first-order valence-electron chi connectivity index (χ1n) is 11.7. The molecular weight excluding hydrogens is 489 g/mol. The summed E-state index contributed by atoms with van der Waals surface area (Å²) in [6.45, 7) is 5.83. The van der Waals surface area contributed by atoms with E-state index in [1.807, 2.05) is 4.90 Å². The third kappa shape index (κ3) is 4.87. The van der Waals surface area contributed by atoms with E-state index < -0.39 is 11.7 Å². The standard InChI is InChI=1S/C26H25F3N4O2S/c1-17-11-19(5-6-22(17)18-3-2-4-20(12-18)26(27,28)29)24(34)33-13-21(14-33)31-7-9-32(10-8-31)25(35)23-15-36-16-30-23/h2-6,11-12,15-16,21H,7-10,13-14H2,1H3. The van der Waals surface area contributed by atoms with Gasteiger partial charge in [-0.15, -0.1) is 11.3 Å². The quantitative estimate of drug-likeness (QED) is 0.517. The van der Waals surface area contributed by atoms with Crippen molar-refractivity contribution < 1.29 is 22.8 Å². The molecule has 5 rings (SSSR count). The second-order valence-corrected chi connectivity index (χ2v) is 9.89. The average molecular weight is 515 g/mol. The second-order valence-electron chi connectivity index (χ2n) is 9.17. The Kier molecular flexibility index (Phi) is 6.57. The van der Waals surface area contributed by atoms with Crippen LogP contribution in [0.2, 0.25) is 0 Å². The highest BCUT2D eigenvalue weighted by atomic mass is 32.1. The summed E-state index contributed by atoms with van der Waals surface area (Å²) in [6, 6.07) is 10.6. The van der Waals surface area contributed by atoms with Crippen molar-refractivity contribution in [3.63, 3.8) is 0 Å². The summed E-state index contributed by atoms with van der Waals surface area (Å²) in [5, 5.41) is 1.76. The lowest BCUT2D eigenvalue weighted by atomic mass is 9.96. The van der Waals surface area contributed by atoms with E-state index in [1.54, 1.807) is 47.0 Å². The molecule has 0 unspecified atom stereocenters. The molecule has 3 heterocycles. The van der Waals surface area contributed by atoms with Crippen LogP contribution < -0.4 is 0 Å². The number of carbonyl (C=O) groups excluding carboxylic acids is 2. The zero-order valence-corrected chi connectivity index (χ0v) is 20.5. The Morgan fingerprint density at radius 1 is 0.972 bits per heavy atom. The number of rotatable bonds is 4. The number of alkyl halides is 3. The van der Waals surface area contributed by atoms with Crippen LogP contribution in [0.4, 0.5) is 13.2 Å². The van der Waals surface area contributed by atoms with E-state index in [9.17, 15) is 22.8 Å². The van der Waals surface area contributed by atoms with Gasteiger partial charge < -0.3 is 9.80 Å². The van der Waals surface area contributed by atoms with Gasteiger partial charge in [-0.2, -0.15) is 13.2 Å². The van der Waals surface area contributed by atoms with E-state index in [0.29, 0.717) is 48.6 Å². The van der Waals surface area contributed by atoms with Crippen LogP contribution in [-0.4, -0.2) is 76.8 Å². The number of benzene rings is 2. The fourth-order valence-electron chi connectivity index (χ4n) is 4.79. The van der Waals surface area contributed by atoms with Gasteiger partial charge >= 0.3 is 6.18 Å². The maximum absolute atomic E-state index is 13.1. The molecule has 0 aliphatic carbocycles. The molecule has 2 fully saturated rings. The van der Waals surface area contributed by atoms with Gasteiger partial charge in [-0.1, -0.05) is 18.2 Å². The third-order valence-corrected chi connectivity index (χ3v) is 7.48. The number of hydrogen-bond donors (Lipinski definition) is 0. The zero-order valence-electron chi connectivity index (χ0n) is 19.7. The monoisotopic (exact) mass is 514 g/mol. The predicted molar refractivity (Wildman–Crippen MR) is 131 cm³/mol. The number of nitrogens with zero attached hydrogens (tertiary/aromatic N) is 4. The van der Waals surface area contributed by atoms with Gasteiger partial charge in [0.25, 0.3) is 11.8 Å². The molecule has 0 radical (unpaired) electrons. The van der Waals surface area contributed by atoms with Gasteiger partial charge in [0.15, 0.2) is 0 Å².